The molecule has 0 saturated carbocycles. The molecule has 1 heterocycles. The zero-order valence-electron chi connectivity index (χ0n) is 11.5. The van der Waals surface area contributed by atoms with Crippen molar-refractivity contribution in [1.82, 2.24) is 9.97 Å². The van der Waals surface area contributed by atoms with Crippen molar-refractivity contribution in [3.8, 4) is 11.8 Å². The van der Waals surface area contributed by atoms with Crippen LogP contribution in [0.2, 0.25) is 0 Å². The van der Waals surface area contributed by atoms with Crippen molar-refractivity contribution in [2.75, 3.05) is 20.8 Å². The van der Waals surface area contributed by atoms with E-state index in [-0.39, 0.29) is 12.4 Å². The first kappa shape index (κ1) is 14.7. The molecule has 0 saturated heterocycles. The van der Waals surface area contributed by atoms with E-state index >= 15 is 0 Å². The zero-order valence-corrected chi connectivity index (χ0v) is 11.5. The van der Waals surface area contributed by atoms with E-state index in [0.29, 0.717) is 11.6 Å². The molecule has 1 rings (SSSR count). The van der Waals surface area contributed by atoms with E-state index in [9.17, 15) is 5.11 Å². The fraction of sp³-hybridized carbons (Fsp3) is 0.667. The number of nitrogens with two attached hydrogens (primary N) is 1. The number of methoxy groups -OCH3 is 2. The highest BCUT2D eigenvalue weighted by molar-refractivity contribution is 5.30. The maximum Gasteiger partial charge on any atom is 0.241 e. The minimum absolute atomic E-state index is 0.0217. The van der Waals surface area contributed by atoms with Gasteiger partial charge in [0.2, 0.25) is 11.8 Å². The molecule has 0 radical (unpaired) electrons. The van der Waals surface area contributed by atoms with E-state index in [1.807, 2.05) is 20.8 Å². The minimum Gasteiger partial charge on any atom is -0.480 e. The van der Waals surface area contributed by atoms with Crippen LogP contribution in [0, 0.1) is 5.41 Å². The second-order valence-electron chi connectivity index (χ2n) is 5.08. The van der Waals surface area contributed by atoms with Crippen molar-refractivity contribution >= 4 is 0 Å². The van der Waals surface area contributed by atoms with E-state index in [1.165, 1.54) is 20.4 Å². The SMILES string of the molecule is COc1cnc(C(O)(CN)C(C)(C)C)c(OC)n1. The van der Waals surface area contributed by atoms with Crippen LogP contribution in [-0.2, 0) is 5.60 Å². The fourth-order valence-electron chi connectivity index (χ4n) is 1.64. The van der Waals surface area contributed by atoms with Crippen LogP contribution in [-0.4, -0.2) is 35.8 Å². The molecule has 102 valence electrons. The number of rotatable bonds is 4. The number of ether oxygens (including phenoxy) is 2. The quantitative estimate of drug-likeness (QED) is 0.822. The van der Waals surface area contributed by atoms with E-state index in [0.717, 1.165) is 0 Å². The highest BCUT2D eigenvalue weighted by Gasteiger charge is 2.44. The van der Waals surface area contributed by atoms with Gasteiger partial charge in [-0.05, 0) is 5.41 Å². The third kappa shape index (κ3) is 2.39. The summed E-state index contributed by atoms with van der Waals surface area (Å²) in [6, 6.07) is 0. The number of nitrogens with zero attached hydrogens (tertiary/aromatic N) is 2. The predicted octanol–water partition coefficient (Wildman–Crippen LogP) is 0.686. The monoisotopic (exact) mass is 255 g/mol. The van der Waals surface area contributed by atoms with Gasteiger partial charge in [0.15, 0.2) is 0 Å². The molecule has 3 N–H and O–H groups in total. The fourth-order valence-corrected chi connectivity index (χ4v) is 1.64. The van der Waals surface area contributed by atoms with Crippen LogP contribution in [0.15, 0.2) is 6.20 Å². The first-order chi connectivity index (χ1) is 8.30. The lowest BCUT2D eigenvalue weighted by molar-refractivity contribution is -0.0614. The molecule has 1 unspecified atom stereocenters. The van der Waals surface area contributed by atoms with Crippen LogP contribution in [0.3, 0.4) is 0 Å². The van der Waals surface area contributed by atoms with Gasteiger partial charge in [-0.1, -0.05) is 20.8 Å². The Hall–Kier alpha value is -1.40. The summed E-state index contributed by atoms with van der Waals surface area (Å²) >= 11 is 0. The van der Waals surface area contributed by atoms with Crippen molar-refractivity contribution in [2.45, 2.75) is 26.4 Å². The summed E-state index contributed by atoms with van der Waals surface area (Å²) in [5, 5.41) is 10.8. The van der Waals surface area contributed by atoms with Gasteiger partial charge in [0.1, 0.15) is 11.3 Å². The molecule has 0 aliphatic carbocycles. The third-order valence-corrected chi connectivity index (χ3v) is 3.05. The lowest BCUT2D eigenvalue weighted by Gasteiger charge is -2.38. The Balaban J connectivity index is 3.38. The van der Waals surface area contributed by atoms with Gasteiger partial charge in [-0.2, -0.15) is 4.98 Å². The lowest BCUT2D eigenvalue weighted by atomic mass is 9.74. The van der Waals surface area contributed by atoms with Crippen molar-refractivity contribution in [3.05, 3.63) is 11.9 Å². The van der Waals surface area contributed by atoms with Gasteiger partial charge in [0, 0.05) is 6.54 Å². The first-order valence-electron chi connectivity index (χ1n) is 5.68. The maximum atomic E-state index is 10.8. The molecular weight excluding hydrogens is 234 g/mol. The second-order valence-corrected chi connectivity index (χ2v) is 5.08. The van der Waals surface area contributed by atoms with Gasteiger partial charge in [0.25, 0.3) is 0 Å². The molecule has 0 aromatic carbocycles. The second kappa shape index (κ2) is 5.07. The Labute approximate surface area is 107 Å². The summed E-state index contributed by atoms with van der Waals surface area (Å²) in [6.45, 7) is 5.66. The normalized spacial score (nSPS) is 15.1. The van der Waals surface area contributed by atoms with Gasteiger partial charge in [0.05, 0.1) is 20.4 Å². The summed E-state index contributed by atoms with van der Waals surface area (Å²) in [4.78, 5) is 8.30. The molecule has 0 fully saturated rings. The van der Waals surface area contributed by atoms with Crippen LogP contribution in [0.1, 0.15) is 26.5 Å². The Bertz CT molecular complexity index is 418. The summed E-state index contributed by atoms with van der Waals surface area (Å²) in [5.74, 6) is 0.543. The van der Waals surface area contributed by atoms with Crippen LogP contribution in [0.4, 0.5) is 0 Å². The largest absolute Gasteiger partial charge is 0.480 e. The summed E-state index contributed by atoms with van der Waals surface area (Å²) in [7, 11) is 2.95. The Morgan fingerprint density at radius 2 is 1.89 bits per heavy atom. The summed E-state index contributed by atoms with van der Waals surface area (Å²) < 4.78 is 10.1. The maximum absolute atomic E-state index is 10.8. The topological polar surface area (TPSA) is 90.5 Å². The Kier molecular flexibility index (Phi) is 4.13. The summed E-state index contributed by atoms with van der Waals surface area (Å²) in [6.07, 6.45) is 1.43. The molecule has 1 atom stereocenters. The highest BCUT2D eigenvalue weighted by Crippen LogP contribution is 2.40. The van der Waals surface area contributed by atoms with Gasteiger partial charge in [-0.3, -0.25) is 0 Å². The van der Waals surface area contributed by atoms with Crippen molar-refractivity contribution in [2.24, 2.45) is 11.1 Å². The third-order valence-electron chi connectivity index (χ3n) is 3.05. The van der Waals surface area contributed by atoms with Crippen LogP contribution in [0.5, 0.6) is 11.8 Å². The predicted molar refractivity (Wildman–Crippen MR) is 67.5 cm³/mol. The number of aliphatic hydroxyl groups is 1. The lowest BCUT2D eigenvalue weighted by Crippen LogP contribution is -2.47. The van der Waals surface area contributed by atoms with Gasteiger partial charge < -0.3 is 20.3 Å². The first-order valence-corrected chi connectivity index (χ1v) is 5.68. The highest BCUT2D eigenvalue weighted by atomic mass is 16.5. The molecule has 0 spiro atoms. The number of hydrogen-bond acceptors (Lipinski definition) is 6. The van der Waals surface area contributed by atoms with Crippen LogP contribution in [0.25, 0.3) is 0 Å². The molecule has 1 aromatic heterocycles. The molecule has 0 amide bonds. The van der Waals surface area contributed by atoms with Crippen molar-refractivity contribution < 1.29 is 14.6 Å². The molecule has 1 aromatic rings. The molecule has 6 nitrogen and oxygen atoms in total. The van der Waals surface area contributed by atoms with Gasteiger partial charge >= 0.3 is 0 Å². The Morgan fingerprint density at radius 3 is 2.28 bits per heavy atom. The number of hydrogen-bond donors (Lipinski definition) is 2. The molecule has 6 heteroatoms. The van der Waals surface area contributed by atoms with E-state index in [2.05, 4.69) is 9.97 Å². The number of aromatic nitrogens is 2. The van der Waals surface area contributed by atoms with Crippen LogP contribution < -0.4 is 15.2 Å². The van der Waals surface area contributed by atoms with Crippen molar-refractivity contribution in [1.29, 1.82) is 0 Å². The molecule has 0 aliphatic heterocycles. The molecular formula is C12H21N3O3. The van der Waals surface area contributed by atoms with E-state index < -0.39 is 11.0 Å². The molecule has 0 bridgehead atoms. The van der Waals surface area contributed by atoms with Gasteiger partial charge in [-0.15, -0.1) is 0 Å². The van der Waals surface area contributed by atoms with Gasteiger partial charge in [-0.25, -0.2) is 4.98 Å². The molecule has 18 heavy (non-hydrogen) atoms. The summed E-state index contributed by atoms with van der Waals surface area (Å²) in [5.41, 5.74) is 4.21. The average Bonchev–Trinajstić information content (AvgIpc) is 2.35. The molecule has 0 aliphatic rings. The van der Waals surface area contributed by atoms with E-state index in [4.69, 9.17) is 15.2 Å². The zero-order chi connectivity index (χ0) is 14.0. The smallest absolute Gasteiger partial charge is 0.241 e. The minimum atomic E-state index is -1.32. The standard InChI is InChI=1S/C12H21N3O3/c1-11(2,3)12(16,7-13)9-10(18-5)15-8(17-4)6-14-9/h6,16H,7,13H2,1-5H3. The van der Waals surface area contributed by atoms with Crippen LogP contribution >= 0.6 is 0 Å². The average molecular weight is 255 g/mol. The Morgan fingerprint density at radius 1 is 1.28 bits per heavy atom. The van der Waals surface area contributed by atoms with Crippen molar-refractivity contribution in [3.63, 3.8) is 0 Å². The van der Waals surface area contributed by atoms with E-state index in [1.54, 1.807) is 0 Å².